The molecule has 0 spiro atoms. The normalized spacial score (nSPS) is 12.0. The van der Waals surface area contributed by atoms with Crippen molar-refractivity contribution in [3.8, 4) is 101 Å². The summed E-state index contributed by atoms with van der Waals surface area (Å²) in [6.45, 7) is 9.13. The molecule has 634 valence electrons. The Balaban J connectivity index is 0.000000132. The second-order valence-corrected chi connectivity index (χ2v) is 30.3. The van der Waals surface area contributed by atoms with Crippen molar-refractivity contribution in [3.05, 3.63) is 515 Å². The molecule has 0 amide bonds. The van der Waals surface area contributed by atoms with E-state index in [0.717, 1.165) is 82.5 Å². The van der Waals surface area contributed by atoms with Gasteiger partial charge in [0.1, 0.15) is 6.54 Å². The van der Waals surface area contributed by atoms with E-state index in [1.54, 1.807) is 12.4 Å². The van der Waals surface area contributed by atoms with Crippen molar-refractivity contribution >= 4 is 42.9 Å². The monoisotopic (exact) mass is 2230 g/mol. The molecule has 24 rings (SSSR count). The van der Waals surface area contributed by atoms with Crippen LogP contribution in [0.1, 0.15) is 45.0 Å². The van der Waals surface area contributed by atoms with Crippen LogP contribution >= 0.6 is 11.3 Å². The number of pyridine rings is 6. The molecule has 12 aromatic carbocycles. The fraction of sp³-hybridized carbons (Fsp3) is 0.0522. The van der Waals surface area contributed by atoms with Crippen LogP contribution in [0.3, 0.4) is 0 Å². The Morgan fingerprint density at radius 3 is 1.61 bits per heavy atom. The molecule has 20 aromatic rings. The van der Waals surface area contributed by atoms with Gasteiger partial charge in [-0.05, 0) is 133 Å². The molecule has 10 nitrogen and oxygen atoms in total. The fourth-order valence-electron chi connectivity index (χ4n) is 14.9. The van der Waals surface area contributed by atoms with Gasteiger partial charge in [-0.2, -0.15) is 39.5 Å². The molecule has 12 heterocycles. The van der Waals surface area contributed by atoms with E-state index in [9.17, 15) is 0 Å². The van der Waals surface area contributed by atoms with E-state index in [1.165, 1.54) is 92.8 Å². The summed E-state index contributed by atoms with van der Waals surface area (Å²) < 4.78 is 62.5. The third-order valence-electron chi connectivity index (χ3n) is 21.0. The Kier molecular flexibility index (Phi) is 30.1. The predicted octanol–water partition coefficient (Wildman–Crippen LogP) is 25.9. The maximum Gasteiger partial charge on any atom is 3.00 e. The minimum absolute atomic E-state index is 0. The summed E-state index contributed by atoms with van der Waals surface area (Å²) in [5.74, 6) is 1.10. The quantitative estimate of drug-likeness (QED) is 0.111. The number of rotatable bonds is 8. The number of benzene rings is 12. The molecule has 0 bridgehead atoms. The first kappa shape index (κ1) is 83.4. The molecule has 0 saturated heterocycles. The second-order valence-electron chi connectivity index (χ2n) is 29.2. The van der Waals surface area contributed by atoms with Crippen LogP contribution in [0.5, 0.6) is 0 Å². The summed E-state index contributed by atoms with van der Waals surface area (Å²) >= 11 is 1.92. The van der Waals surface area contributed by atoms with Crippen LogP contribution in [0.4, 0.5) is 11.4 Å². The first-order valence-corrected chi connectivity index (χ1v) is 41.9. The van der Waals surface area contributed by atoms with Crippen LogP contribution in [0.25, 0.3) is 121 Å². The number of fused-ring (bicyclic) bond motifs is 13. The Morgan fingerprint density at radius 1 is 0.388 bits per heavy atom. The largest absolute Gasteiger partial charge is 3.00 e. The fourth-order valence-corrected chi connectivity index (χ4v) is 16.2. The number of para-hydroxylation sites is 2. The van der Waals surface area contributed by atoms with E-state index in [4.69, 9.17) is 9.60 Å². The van der Waals surface area contributed by atoms with E-state index in [2.05, 4.69) is 281 Å². The first-order valence-electron chi connectivity index (χ1n) is 44.6. The van der Waals surface area contributed by atoms with Crippen molar-refractivity contribution in [2.45, 2.75) is 40.9 Å². The molecule has 8 aromatic heterocycles. The van der Waals surface area contributed by atoms with Gasteiger partial charge in [0.05, 0.1) is 27.0 Å². The molecule has 129 heavy (non-hydrogen) atoms. The zero-order chi connectivity index (χ0) is 90.7. The van der Waals surface area contributed by atoms with Crippen molar-refractivity contribution in [1.29, 1.82) is 0 Å². The summed E-state index contributed by atoms with van der Waals surface area (Å²) in [5, 5.41) is 2.77. The molecule has 0 aliphatic carbocycles. The van der Waals surface area contributed by atoms with Gasteiger partial charge < -0.3 is 29.7 Å². The standard InChI is InChI=1S/C18H12NS.2C18H14N.C15H12N2.C12H11N2.3C11H8N.CH4.3Ir/c1-2-7-16-13(5-1)14-9-8-12-11-19-10-4-3-6-15(19)17(12)18(14)20-16;1-2-6-14(7-3-1)15-9-10-16-13-19-11-5-4-8-18(19)17(16)12-15;1-14-12-18(16-10-6-3-7-11-16)19-13-17(14)15-8-4-2-5-9-15;1-3-7-14(8-4-1)16-11-12-17(13-16)15-9-5-2-6-10-15;1-9-6-7-14-8-10-4-2-3-5-11(10)12(14)13-9;3*1-2-6-10(7-3-1)11-8-4-5-9-12-11;;;;/h1-10H,11H2;1-12H,13H2;2-10,12-13H,1H3;1-9,11-13H;2-7H,8H2,1H3;3*1-6,8-9H;1H4;;;/q2*+1;-1;-2;+1;3*-1;;;;+3/i;;;;;1D,2D,3D,4D,5D,6D,8D;;;;;;. The van der Waals surface area contributed by atoms with Gasteiger partial charge in [0.15, 0.2) is 31.2 Å². The van der Waals surface area contributed by atoms with Crippen molar-refractivity contribution in [3.63, 3.8) is 0 Å². The van der Waals surface area contributed by atoms with Crippen LogP contribution in [0, 0.1) is 50.8 Å². The van der Waals surface area contributed by atoms with Gasteiger partial charge in [-0.3, -0.25) is 0 Å². The molecule has 4 aliphatic heterocycles. The van der Waals surface area contributed by atoms with Gasteiger partial charge >= 0.3 is 25.9 Å². The van der Waals surface area contributed by atoms with E-state index < -0.39 is 12.1 Å². The summed E-state index contributed by atoms with van der Waals surface area (Å²) in [4.78, 5) is 25.5. The molecule has 0 N–H and O–H groups in total. The molecule has 4 aliphatic rings. The van der Waals surface area contributed by atoms with E-state index >= 15 is 0 Å². The molecule has 0 atom stereocenters. The van der Waals surface area contributed by atoms with Crippen LogP contribution < -0.4 is 23.5 Å². The Hall–Kier alpha value is -13.9. The number of hydrogen-bond donors (Lipinski definition) is 0. The molecule has 2 radical (unpaired) electrons. The van der Waals surface area contributed by atoms with Gasteiger partial charge in [0.25, 0.3) is 0 Å². The summed E-state index contributed by atoms with van der Waals surface area (Å²) in [6.07, 6.45) is 17.1. The smallest absolute Gasteiger partial charge is 0.500 e. The van der Waals surface area contributed by atoms with Gasteiger partial charge in [-0.15, -0.1) is 167 Å². The topological polar surface area (TPSA) is 82.6 Å². The van der Waals surface area contributed by atoms with Gasteiger partial charge in [-0.25, -0.2) is 4.57 Å². The van der Waals surface area contributed by atoms with Crippen LogP contribution in [-0.4, -0.2) is 24.9 Å². The van der Waals surface area contributed by atoms with E-state index in [0.29, 0.717) is 0 Å². The predicted molar refractivity (Wildman–Crippen MR) is 515 cm³/mol. The number of aryl methyl sites for hydroxylation is 2. The Morgan fingerprint density at radius 2 is 0.946 bits per heavy atom. The van der Waals surface area contributed by atoms with Gasteiger partial charge in [0.2, 0.25) is 11.4 Å². The van der Waals surface area contributed by atoms with Crippen molar-refractivity contribution in [1.82, 2.24) is 24.9 Å². The zero-order valence-electron chi connectivity index (χ0n) is 76.8. The van der Waals surface area contributed by atoms with E-state index in [-0.39, 0.29) is 109 Å². The van der Waals surface area contributed by atoms with Crippen LogP contribution in [0.15, 0.2) is 450 Å². The number of nitrogens with zero attached hydrogens (tertiary/aromatic N) is 10. The minimum Gasteiger partial charge on any atom is -0.500 e. The average Bonchev–Trinajstić information content (AvgIpc) is 1.62. The average molecular weight is 2230 g/mol. The molecular formula is C115H91Ir3N10S. The number of anilines is 2. The number of thiophene rings is 1. The molecule has 0 saturated carbocycles. The zero-order valence-corrected chi connectivity index (χ0v) is 77.8. The SMILES string of the molecule is C.Cc1cc(-c2[c-]cccc2)ncc1-c1ccccc1.Cc1cc[n+]2c(n1)-c1ccccc1C2.[2H]c1[c-]c(-c2ncc([2H])c([2H])c2[2H])c([2H])c([2H])c1[2H].[Ir+3].[Ir].[Ir].[c-]1ccccc1-c1ccccn1.[c-]1ccccc1-c1ccccn1.[c-]1ccccc1N1C=CN(c2ccccc2)[CH-]1.c1cc[n+]2c(c1)-c1c(ccc3c1sc1ccccc13)C2.c1ccc(-c2ccc3c(c2)-c2cccc[n+]2C3)cc1. The Labute approximate surface area is 811 Å². The summed E-state index contributed by atoms with van der Waals surface area (Å²) in [7, 11) is 0. The van der Waals surface area contributed by atoms with Gasteiger partial charge in [0, 0.05) is 153 Å². The first-order chi connectivity index (χ1) is 64.7. The van der Waals surface area contributed by atoms with Crippen molar-refractivity contribution in [2.24, 2.45) is 0 Å². The van der Waals surface area contributed by atoms with Crippen LogP contribution in [0.2, 0.25) is 0 Å². The summed E-state index contributed by atoms with van der Waals surface area (Å²) in [6, 6.07) is 133. The second kappa shape index (κ2) is 46.6. The molecular weight excluding hydrogens is 2130 g/mol. The number of aromatic nitrogens is 8. The number of hydrogen-bond acceptors (Lipinski definition) is 8. The van der Waals surface area contributed by atoms with Gasteiger partial charge in [-0.1, -0.05) is 189 Å². The van der Waals surface area contributed by atoms with Crippen molar-refractivity contribution < 1.29 is 83.6 Å². The van der Waals surface area contributed by atoms with E-state index in [1.807, 2.05) is 218 Å². The van der Waals surface area contributed by atoms with Crippen molar-refractivity contribution in [2.75, 3.05) is 9.80 Å². The van der Waals surface area contributed by atoms with Crippen LogP contribution in [-0.2, 0) is 80.0 Å². The minimum atomic E-state index is -0.443. The summed E-state index contributed by atoms with van der Waals surface area (Å²) in [5.41, 5.74) is 26.3. The third-order valence-corrected chi connectivity index (χ3v) is 22.2. The maximum atomic E-state index is 7.74. The maximum absolute atomic E-state index is 7.74. The molecule has 0 fully saturated rings. The third kappa shape index (κ3) is 23.5. The molecule has 14 heteroatoms. The molecule has 0 unspecified atom stereocenters. The Bertz CT molecular complexity index is 7210.